The van der Waals surface area contributed by atoms with E-state index in [1.54, 1.807) is 0 Å². The van der Waals surface area contributed by atoms with E-state index in [0.29, 0.717) is 6.42 Å². The second-order valence-electron chi connectivity index (χ2n) is 4.57. The third kappa shape index (κ3) is 6.43. The lowest BCUT2D eigenvalue weighted by Crippen LogP contribution is -2.24. The molecule has 0 spiro atoms. The van der Waals surface area contributed by atoms with Crippen molar-refractivity contribution in [1.29, 1.82) is 0 Å². The molecule has 1 aromatic heterocycles. The summed E-state index contributed by atoms with van der Waals surface area (Å²) in [6.07, 6.45) is -2.82. The number of hydrogen-bond donors (Lipinski definition) is 1. The van der Waals surface area contributed by atoms with Gasteiger partial charge in [0.1, 0.15) is 6.61 Å². The van der Waals surface area contributed by atoms with Gasteiger partial charge in [-0.3, -0.25) is 0 Å². The SMILES string of the molecule is CCCNC(CCOCC(F)(F)F)c1cc(C)c(Cl)s1. The zero-order valence-corrected chi connectivity index (χ0v) is 13.1. The summed E-state index contributed by atoms with van der Waals surface area (Å²) < 4.78 is 41.4. The van der Waals surface area contributed by atoms with Crippen LogP contribution >= 0.6 is 22.9 Å². The number of thiophene rings is 1. The van der Waals surface area contributed by atoms with Gasteiger partial charge in [-0.05, 0) is 37.9 Å². The summed E-state index contributed by atoms with van der Waals surface area (Å²) in [6.45, 7) is 3.63. The molecule has 1 aromatic rings. The molecular weight excluding hydrogens is 311 g/mol. The lowest BCUT2D eigenvalue weighted by molar-refractivity contribution is -0.174. The van der Waals surface area contributed by atoms with Gasteiger partial charge in [-0.2, -0.15) is 13.2 Å². The number of nitrogens with one attached hydrogen (secondary N) is 1. The van der Waals surface area contributed by atoms with Gasteiger partial charge in [-0.1, -0.05) is 18.5 Å². The fourth-order valence-electron chi connectivity index (χ4n) is 1.71. The van der Waals surface area contributed by atoms with E-state index >= 15 is 0 Å². The molecule has 0 saturated heterocycles. The molecule has 20 heavy (non-hydrogen) atoms. The van der Waals surface area contributed by atoms with E-state index in [9.17, 15) is 13.2 Å². The molecule has 0 saturated carbocycles. The Hall–Kier alpha value is -0.300. The topological polar surface area (TPSA) is 21.3 Å². The lowest BCUT2D eigenvalue weighted by Gasteiger charge is -2.17. The van der Waals surface area contributed by atoms with Gasteiger partial charge in [-0.25, -0.2) is 0 Å². The molecule has 1 unspecified atom stereocenters. The molecule has 0 aliphatic heterocycles. The van der Waals surface area contributed by atoms with Gasteiger partial charge in [0.2, 0.25) is 0 Å². The van der Waals surface area contributed by atoms with Gasteiger partial charge in [0.15, 0.2) is 0 Å². The summed E-state index contributed by atoms with van der Waals surface area (Å²) >= 11 is 7.50. The van der Waals surface area contributed by atoms with Gasteiger partial charge in [0, 0.05) is 17.5 Å². The fourth-order valence-corrected chi connectivity index (χ4v) is 3.04. The fraction of sp³-hybridized carbons (Fsp3) is 0.692. The Balaban J connectivity index is 2.52. The molecule has 0 aromatic carbocycles. The maximum absolute atomic E-state index is 12.0. The van der Waals surface area contributed by atoms with Gasteiger partial charge in [0.05, 0.1) is 4.34 Å². The molecular formula is C13H19ClF3NOS. The van der Waals surface area contributed by atoms with Crippen LogP contribution in [0.4, 0.5) is 13.2 Å². The van der Waals surface area contributed by atoms with Crippen LogP contribution in [0.2, 0.25) is 4.34 Å². The van der Waals surface area contributed by atoms with Crippen molar-refractivity contribution in [3.8, 4) is 0 Å². The number of halogens is 4. The minimum Gasteiger partial charge on any atom is -0.372 e. The predicted octanol–water partition coefficient (Wildman–Crippen LogP) is 4.72. The first-order valence-electron chi connectivity index (χ1n) is 6.47. The van der Waals surface area contributed by atoms with Crippen LogP contribution in [0.15, 0.2) is 6.07 Å². The normalized spacial score (nSPS) is 13.7. The molecule has 0 aliphatic carbocycles. The third-order valence-electron chi connectivity index (χ3n) is 2.68. The van der Waals surface area contributed by atoms with Crippen molar-refractivity contribution in [1.82, 2.24) is 5.32 Å². The van der Waals surface area contributed by atoms with Gasteiger partial charge in [-0.15, -0.1) is 11.3 Å². The van der Waals surface area contributed by atoms with E-state index in [-0.39, 0.29) is 12.6 Å². The molecule has 1 heterocycles. The molecule has 116 valence electrons. The summed E-state index contributed by atoms with van der Waals surface area (Å²) in [5.41, 5.74) is 0.992. The van der Waals surface area contributed by atoms with Crippen molar-refractivity contribution in [2.75, 3.05) is 19.8 Å². The Labute approximate surface area is 126 Å². The Morgan fingerprint density at radius 1 is 1.45 bits per heavy atom. The monoisotopic (exact) mass is 329 g/mol. The molecule has 0 radical (unpaired) electrons. The molecule has 0 aliphatic rings. The van der Waals surface area contributed by atoms with Gasteiger partial charge >= 0.3 is 6.18 Å². The van der Waals surface area contributed by atoms with E-state index in [1.807, 2.05) is 19.9 Å². The van der Waals surface area contributed by atoms with Gasteiger partial charge < -0.3 is 10.1 Å². The van der Waals surface area contributed by atoms with E-state index < -0.39 is 12.8 Å². The first kappa shape index (κ1) is 17.8. The second kappa shape index (κ2) is 8.22. The zero-order chi connectivity index (χ0) is 15.2. The molecule has 0 fully saturated rings. The lowest BCUT2D eigenvalue weighted by atomic mass is 10.1. The first-order chi connectivity index (χ1) is 9.33. The maximum atomic E-state index is 12.0. The number of hydrogen-bond acceptors (Lipinski definition) is 3. The van der Waals surface area contributed by atoms with E-state index in [4.69, 9.17) is 11.6 Å². The number of alkyl halides is 3. The Morgan fingerprint density at radius 2 is 2.15 bits per heavy atom. The van der Waals surface area contributed by atoms with E-state index in [2.05, 4.69) is 10.1 Å². The Morgan fingerprint density at radius 3 is 2.65 bits per heavy atom. The highest BCUT2D eigenvalue weighted by molar-refractivity contribution is 7.16. The van der Waals surface area contributed by atoms with Crippen LogP contribution in [-0.2, 0) is 4.74 Å². The highest BCUT2D eigenvalue weighted by Crippen LogP contribution is 2.32. The number of aryl methyl sites for hydroxylation is 1. The molecule has 1 atom stereocenters. The van der Waals surface area contributed by atoms with Crippen LogP contribution in [0, 0.1) is 6.92 Å². The Bertz CT molecular complexity index is 389. The van der Waals surface area contributed by atoms with E-state index in [1.165, 1.54) is 11.3 Å². The van der Waals surface area contributed by atoms with Crippen molar-refractivity contribution in [2.45, 2.75) is 38.9 Å². The smallest absolute Gasteiger partial charge is 0.372 e. The van der Waals surface area contributed by atoms with E-state index in [0.717, 1.165) is 27.7 Å². The van der Waals surface area contributed by atoms with Crippen LogP contribution in [0.5, 0.6) is 0 Å². The van der Waals surface area contributed by atoms with Gasteiger partial charge in [0.25, 0.3) is 0 Å². The summed E-state index contributed by atoms with van der Waals surface area (Å²) in [5.74, 6) is 0. The average molecular weight is 330 g/mol. The first-order valence-corrected chi connectivity index (χ1v) is 7.66. The molecule has 0 amide bonds. The minimum absolute atomic E-state index is 0.0145. The average Bonchev–Trinajstić information content (AvgIpc) is 2.67. The molecule has 0 bridgehead atoms. The minimum atomic E-state index is -4.27. The van der Waals surface area contributed by atoms with Crippen molar-refractivity contribution >= 4 is 22.9 Å². The van der Waals surface area contributed by atoms with Crippen molar-refractivity contribution < 1.29 is 17.9 Å². The van der Waals surface area contributed by atoms with Crippen LogP contribution < -0.4 is 5.32 Å². The van der Waals surface area contributed by atoms with Crippen LogP contribution in [0.1, 0.15) is 36.2 Å². The highest BCUT2D eigenvalue weighted by Gasteiger charge is 2.27. The number of ether oxygens (including phenoxy) is 1. The van der Waals surface area contributed by atoms with Crippen LogP contribution in [0.3, 0.4) is 0 Å². The third-order valence-corrected chi connectivity index (χ3v) is 4.35. The van der Waals surface area contributed by atoms with Crippen molar-refractivity contribution in [2.24, 2.45) is 0 Å². The molecule has 1 N–H and O–H groups in total. The summed E-state index contributed by atoms with van der Waals surface area (Å²) in [5, 5.41) is 3.31. The summed E-state index contributed by atoms with van der Waals surface area (Å²) in [7, 11) is 0. The molecule has 2 nitrogen and oxygen atoms in total. The standard InChI is InChI=1S/C13H19ClF3NOS/c1-3-5-18-10(4-6-19-8-13(15,16)17)11-7-9(2)12(14)20-11/h7,10,18H,3-6,8H2,1-2H3. The summed E-state index contributed by atoms with van der Waals surface area (Å²) in [4.78, 5) is 1.04. The summed E-state index contributed by atoms with van der Waals surface area (Å²) in [6, 6.07) is 1.96. The predicted molar refractivity (Wildman–Crippen MR) is 76.6 cm³/mol. The zero-order valence-electron chi connectivity index (χ0n) is 11.5. The largest absolute Gasteiger partial charge is 0.411 e. The van der Waals surface area contributed by atoms with Crippen LogP contribution in [0.25, 0.3) is 0 Å². The van der Waals surface area contributed by atoms with Crippen molar-refractivity contribution in [3.63, 3.8) is 0 Å². The quantitative estimate of drug-likeness (QED) is 0.697. The second-order valence-corrected chi connectivity index (χ2v) is 6.25. The molecule has 1 rings (SSSR count). The van der Waals surface area contributed by atoms with Crippen molar-refractivity contribution in [3.05, 3.63) is 20.8 Å². The highest BCUT2D eigenvalue weighted by atomic mass is 35.5. The molecule has 7 heteroatoms. The van der Waals surface area contributed by atoms with Crippen LogP contribution in [-0.4, -0.2) is 25.9 Å². The maximum Gasteiger partial charge on any atom is 0.411 e. The number of rotatable bonds is 8. The Kier molecular flexibility index (Phi) is 7.29.